The molecule has 19 heavy (non-hydrogen) atoms. The van der Waals surface area contributed by atoms with Crippen molar-refractivity contribution in [2.24, 2.45) is 0 Å². The highest BCUT2D eigenvalue weighted by Crippen LogP contribution is 2.28. The summed E-state index contributed by atoms with van der Waals surface area (Å²) in [6.07, 6.45) is 3.59. The monoisotopic (exact) mass is 282 g/mol. The van der Waals surface area contributed by atoms with Crippen molar-refractivity contribution in [1.29, 1.82) is 0 Å². The van der Waals surface area contributed by atoms with Gasteiger partial charge in [0, 0.05) is 18.1 Å². The van der Waals surface area contributed by atoms with Crippen LogP contribution in [0.2, 0.25) is 5.02 Å². The number of hydrogen-bond donors (Lipinski definition) is 3. The molecule has 1 fully saturated rings. The van der Waals surface area contributed by atoms with Crippen LogP contribution in [0.3, 0.4) is 0 Å². The molecule has 104 valence electrons. The van der Waals surface area contributed by atoms with E-state index in [0.29, 0.717) is 18.1 Å². The average Bonchev–Trinajstić information content (AvgIpc) is 2.82. The Morgan fingerprint density at radius 3 is 2.74 bits per heavy atom. The summed E-state index contributed by atoms with van der Waals surface area (Å²) >= 11 is 5.86. The van der Waals surface area contributed by atoms with E-state index in [4.69, 9.17) is 11.6 Å². The molecule has 1 aromatic carbocycles. The van der Waals surface area contributed by atoms with Gasteiger partial charge in [0.2, 0.25) is 0 Å². The number of hydrogen-bond acceptors (Lipinski definition) is 2. The maximum absolute atomic E-state index is 11.6. The van der Waals surface area contributed by atoms with Crippen LogP contribution in [0, 0.1) is 0 Å². The standard InChI is InChI=1S/C14H19ClN2O2/c15-12-5-3-4-11(8-12)9-16-13(18)17-10-14(19)6-1-2-7-14/h3-5,8,19H,1-2,6-7,9-10H2,(H2,16,17,18). The normalized spacial score (nSPS) is 17.2. The maximum atomic E-state index is 11.6. The van der Waals surface area contributed by atoms with E-state index in [2.05, 4.69) is 10.6 Å². The Labute approximate surface area is 118 Å². The zero-order valence-electron chi connectivity index (χ0n) is 10.8. The van der Waals surface area contributed by atoms with Gasteiger partial charge in [0.25, 0.3) is 0 Å². The Kier molecular flexibility index (Phi) is 4.66. The molecule has 0 unspecified atom stereocenters. The van der Waals surface area contributed by atoms with Crippen molar-refractivity contribution in [2.45, 2.75) is 37.8 Å². The minimum Gasteiger partial charge on any atom is -0.388 e. The largest absolute Gasteiger partial charge is 0.388 e. The van der Waals surface area contributed by atoms with Gasteiger partial charge in [0.15, 0.2) is 0 Å². The second-order valence-electron chi connectivity index (χ2n) is 5.10. The molecule has 0 heterocycles. The highest BCUT2D eigenvalue weighted by atomic mass is 35.5. The van der Waals surface area contributed by atoms with Crippen molar-refractivity contribution in [1.82, 2.24) is 10.6 Å². The molecule has 5 heteroatoms. The summed E-state index contributed by atoms with van der Waals surface area (Å²) in [4.78, 5) is 11.6. The number of carbonyl (C=O) groups is 1. The molecule has 0 atom stereocenters. The fourth-order valence-electron chi connectivity index (χ4n) is 2.35. The van der Waals surface area contributed by atoms with E-state index >= 15 is 0 Å². The summed E-state index contributed by atoms with van der Waals surface area (Å²) in [5.74, 6) is 0. The highest BCUT2D eigenvalue weighted by molar-refractivity contribution is 6.30. The van der Waals surface area contributed by atoms with E-state index in [1.807, 2.05) is 18.2 Å². The minimum atomic E-state index is -0.715. The van der Waals surface area contributed by atoms with E-state index in [1.54, 1.807) is 6.07 Å². The van der Waals surface area contributed by atoms with Crippen molar-refractivity contribution in [2.75, 3.05) is 6.54 Å². The lowest BCUT2D eigenvalue weighted by Crippen LogP contribution is -2.44. The van der Waals surface area contributed by atoms with Crippen molar-refractivity contribution >= 4 is 17.6 Å². The molecule has 0 saturated heterocycles. The summed E-state index contributed by atoms with van der Waals surface area (Å²) in [7, 11) is 0. The molecule has 1 aromatic rings. The van der Waals surface area contributed by atoms with Crippen LogP contribution in [-0.4, -0.2) is 23.3 Å². The Bertz CT molecular complexity index is 445. The molecule has 1 saturated carbocycles. The van der Waals surface area contributed by atoms with Crippen molar-refractivity contribution in [3.8, 4) is 0 Å². The first-order valence-electron chi connectivity index (χ1n) is 6.56. The third kappa shape index (κ3) is 4.40. The van der Waals surface area contributed by atoms with Gasteiger partial charge in [-0.3, -0.25) is 0 Å². The predicted molar refractivity (Wildman–Crippen MR) is 75.1 cm³/mol. The number of carbonyl (C=O) groups excluding carboxylic acids is 1. The molecule has 0 spiro atoms. The van der Waals surface area contributed by atoms with Gasteiger partial charge >= 0.3 is 6.03 Å². The zero-order valence-corrected chi connectivity index (χ0v) is 11.5. The maximum Gasteiger partial charge on any atom is 0.315 e. The third-order valence-electron chi connectivity index (χ3n) is 3.45. The summed E-state index contributed by atoms with van der Waals surface area (Å²) in [5, 5.41) is 16.2. The second-order valence-corrected chi connectivity index (χ2v) is 5.53. The fourth-order valence-corrected chi connectivity index (χ4v) is 2.56. The lowest BCUT2D eigenvalue weighted by molar-refractivity contribution is 0.0501. The number of benzene rings is 1. The van der Waals surface area contributed by atoms with E-state index in [0.717, 1.165) is 31.2 Å². The number of amides is 2. The predicted octanol–water partition coefficient (Wildman–Crippen LogP) is 2.44. The number of rotatable bonds is 4. The van der Waals surface area contributed by atoms with Crippen LogP contribution in [0.5, 0.6) is 0 Å². The van der Waals surface area contributed by atoms with Gasteiger partial charge in [-0.15, -0.1) is 0 Å². The molecule has 1 aliphatic carbocycles. The Morgan fingerprint density at radius 2 is 2.05 bits per heavy atom. The smallest absolute Gasteiger partial charge is 0.315 e. The SMILES string of the molecule is O=C(NCc1cccc(Cl)c1)NCC1(O)CCCC1. The Hall–Kier alpha value is -1.26. The molecule has 2 amide bonds. The Morgan fingerprint density at radius 1 is 1.32 bits per heavy atom. The first-order chi connectivity index (χ1) is 9.07. The molecule has 0 bridgehead atoms. The summed E-state index contributed by atoms with van der Waals surface area (Å²) < 4.78 is 0. The summed E-state index contributed by atoms with van der Waals surface area (Å²) in [6, 6.07) is 7.09. The number of aliphatic hydroxyl groups is 1. The first kappa shape index (κ1) is 14.2. The third-order valence-corrected chi connectivity index (χ3v) is 3.69. The topological polar surface area (TPSA) is 61.4 Å². The first-order valence-corrected chi connectivity index (χ1v) is 6.94. The molecule has 0 aliphatic heterocycles. The van der Waals surface area contributed by atoms with Crippen molar-refractivity contribution in [3.05, 3.63) is 34.9 Å². The van der Waals surface area contributed by atoms with Crippen molar-refractivity contribution in [3.63, 3.8) is 0 Å². The summed E-state index contributed by atoms with van der Waals surface area (Å²) in [5.41, 5.74) is 0.232. The lowest BCUT2D eigenvalue weighted by Gasteiger charge is -2.22. The van der Waals surface area contributed by atoms with E-state index in [-0.39, 0.29) is 6.03 Å². The van der Waals surface area contributed by atoms with Gasteiger partial charge < -0.3 is 15.7 Å². The summed E-state index contributed by atoms with van der Waals surface area (Å²) in [6.45, 7) is 0.735. The van der Waals surface area contributed by atoms with E-state index in [9.17, 15) is 9.90 Å². The van der Waals surface area contributed by atoms with Crippen LogP contribution < -0.4 is 10.6 Å². The molecule has 2 rings (SSSR count). The van der Waals surface area contributed by atoms with Gasteiger partial charge in [0.05, 0.1) is 5.60 Å². The lowest BCUT2D eigenvalue weighted by atomic mass is 10.0. The number of urea groups is 1. The van der Waals surface area contributed by atoms with Gasteiger partial charge in [-0.05, 0) is 30.5 Å². The molecule has 0 radical (unpaired) electrons. The second kappa shape index (κ2) is 6.26. The van der Waals surface area contributed by atoms with Gasteiger partial charge in [-0.2, -0.15) is 0 Å². The van der Waals surface area contributed by atoms with Crippen molar-refractivity contribution < 1.29 is 9.90 Å². The number of halogens is 1. The fraction of sp³-hybridized carbons (Fsp3) is 0.500. The van der Waals surface area contributed by atoms with Gasteiger partial charge in [0.1, 0.15) is 0 Å². The highest BCUT2D eigenvalue weighted by Gasteiger charge is 2.31. The number of nitrogens with one attached hydrogen (secondary N) is 2. The molecule has 3 N–H and O–H groups in total. The van der Waals surface area contributed by atoms with Crippen LogP contribution in [0.25, 0.3) is 0 Å². The molecule has 0 aromatic heterocycles. The van der Waals surface area contributed by atoms with E-state index < -0.39 is 5.60 Å². The minimum absolute atomic E-state index is 0.264. The molecule has 1 aliphatic rings. The van der Waals surface area contributed by atoms with Crippen LogP contribution in [0.15, 0.2) is 24.3 Å². The van der Waals surface area contributed by atoms with Crippen LogP contribution in [0.1, 0.15) is 31.2 Å². The van der Waals surface area contributed by atoms with Gasteiger partial charge in [-0.25, -0.2) is 4.79 Å². The van der Waals surface area contributed by atoms with Gasteiger partial charge in [-0.1, -0.05) is 36.6 Å². The quantitative estimate of drug-likeness (QED) is 0.794. The Balaban J connectivity index is 1.73. The molecular formula is C14H19ClN2O2. The van der Waals surface area contributed by atoms with E-state index in [1.165, 1.54) is 0 Å². The molecular weight excluding hydrogens is 264 g/mol. The van der Waals surface area contributed by atoms with Crippen LogP contribution in [0.4, 0.5) is 4.79 Å². The molecule has 4 nitrogen and oxygen atoms in total. The average molecular weight is 283 g/mol. The zero-order chi connectivity index (χ0) is 13.7. The van der Waals surface area contributed by atoms with Crippen LogP contribution in [-0.2, 0) is 6.54 Å². The van der Waals surface area contributed by atoms with Crippen LogP contribution >= 0.6 is 11.6 Å².